The Morgan fingerprint density at radius 3 is 2.53 bits per heavy atom. The van der Waals surface area contributed by atoms with Crippen LogP contribution in [0, 0.1) is 0 Å². The van der Waals surface area contributed by atoms with Crippen LogP contribution in [-0.2, 0) is 6.54 Å². The van der Waals surface area contributed by atoms with Crippen molar-refractivity contribution in [1.82, 2.24) is 15.2 Å². The van der Waals surface area contributed by atoms with E-state index >= 15 is 0 Å². The molecule has 0 bridgehead atoms. The molecule has 0 amide bonds. The molecular formula is C28H29ClN4S. The molecular weight excluding hydrogens is 460 g/mol. The molecule has 2 aromatic carbocycles. The van der Waals surface area contributed by atoms with Gasteiger partial charge >= 0.3 is 0 Å². The molecule has 5 rings (SSSR count). The number of hydrogen-bond acceptors (Lipinski definition) is 3. The second-order valence-corrected chi connectivity index (χ2v) is 10.5. The van der Waals surface area contributed by atoms with Crippen LogP contribution in [0.3, 0.4) is 0 Å². The van der Waals surface area contributed by atoms with Gasteiger partial charge in [-0.15, -0.1) is 0 Å². The Kier molecular flexibility index (Phi) is 5.86. The molecule has 1 fully saturated rings. The van der Waals surface area contributed by atoms with E-state index in [1.165, 1.54) is 16.7 Å². The van der Waals surface area contributed by atoms with Crippen molar-refractivity contribution in [3.05, 3.63) is 100 Å². The van der Waals surface area contributed by atoms with Gasteiger partial charge in [0, 0.05) is 36.1 Å². The van der Waals surface area contributed by atoms with Crippen LogP contribution in [0.1, 0.15) is 55.2 Å². The van der Waals surface area contributed by atoms with Gasteiger partial charge in [0.1, 0.15) is 0 Å². The van der Waals surface area contributed by atoms with Crippen molar-refractivity contribution in [3.8, 4) is 0 Å². The second-order valence-electron chi connectivity index (χ2n) is 9.67. The Bertz CT molecular complexity index is 1260. The number of benzene rings is 2. The zero-order chi connectivity index (χ0) is 24.0. The molecule has 34 heavy (non-hydrogen) atoms. The highest BCUT2D eigenvalue weighted by Crippen LogP contribution is 2.47. The summed E-state index contributed by atoms with van der Waals surface area (Å²) >= 11 is 12.9. The highest BCUT2D eigenvalue weighted by molar-refractivity contribution is 7.80. The van der Waals surface area contributed by atoms with E-state index in [0.717, 1.165) is 22.0 Å². The summed E-state index contributed by atoms with van der Waals surface area (Å²) in [6.45, 7) is 7.31. The standard InChI is InChI=1S/C28H29ClN4S/c1-18-16-28(2,3)32(4)24-15-22(29)21(14-20(18)24)26-25(23-12-8-9-13-30-23)31-27(34)33(26)17-19-10-6-5-7-11-19/h5-16,25-26H,17H2,1-4H3,(H,31,34)/t25-,26-/m1/s1. The number of likely N-dealkylation sites (N-methyl/N-ethyl adjacent to an activating group) is 1. The van der Waals surface area contributed by atoms with Crippen LogP contribution in [0.15, 0.2) is 72.9 Å². The third-order valence-corrected chi connectivity index (χ3v) is 7.73. The predicted octanol–water partition coefficient (Wildman–Crippen LogP) is 6.54. The summed E-state index contributed by atoms with van der Waals surface area (Å²) < 4.78 is 0. The average Bonchev–Trinajstić information content (AvgIpc) is 3.14. The highest BCUT2D eigenvalue weighted by atomic mass is 35.5. The average molecular weight is 489 g/mol. The van der Waals surface area contributed by atoms with Crippen LogP contribution in [0.4, 0.5) is 5.69 Å². The van der Waals surface area contributed by atoms with E-state index in [-0.39, 0.29) is 17.6 Å². The molecule has 6 heteroatoms. The Hall–Kier alpha value is -2.89. The summed E-state index contributed by atoms with van der Waals surface area (Å²) in [6.07, 6.45) is 4.15. The summed E-state index contributed by atoms with van der Waals surface area (Å²) in [7, 11) is 2.13. The van der Waals surface area contributed by atoms with Gasteiger partial charge in [-0.3, -0.25) is 4.98 Å². The summed E-state index contributed by atoms with van der Waals surface area (Å²) in [5.74, 6) is 0. The lowest BCUT2D eigenvalue weighted by atomic mass is 9.86. The van der Waals surface area contributed by atoms with Crippen molar-refractivity contribution < 1.29 is 0 Å². The van der Waals surface area contributed by atoms with Crippen LogP contribution < -0.4 is 10.2 Å². The maximum atomic E-state index is 7.05. The fourth-order valence-electron chi connectivity index (χ4n) is 5.11. The van der Waals surface area contributed by atoms with Crippen LogP contribution in [0.2, 0.25) is 5.02 Å². The number of allylic oxidation sites excluding steroid dienone is 1. The number of rotatable bonds is 4. The fraction of sp³-hybridized carbons (Fsp3) is 0.286. The molecule has 2 atom stereocenters. The molecule has 2 aliphatic rings. The Morgan fingerprint density at radius 2 is 1.82 bits per heavy atom. The molecule has 3 aromatic rings. The first-order chi connectivity index (χ1) is 16.3. The zero-order valence-electron chi connectivity index (χ0n) is 19.9. The van der Waals surface area contributed by atoms with E-state index in [9.17, 15) is 0 Å². The number of anilines is 1. The molecule has 0 radical (unpaired) electrons. The largest absolute Gasteiger partial charge is 0.365 e. The third kappa shape index (κ3) is 3.97. The minimum atomic E-state index is -0.102. The SMILES string of the molecule is CC1=CC(C)(C)N(C)c2cc(Cl)c([C@@H]3[C@@H](c4ccccn4)NC(=S)N3Cc3ccccc3)cc21. The van der Waals surface area contributed by atoms with Crippen molar-refractivity contribution in [1.29, 1.82) is 0 Å². The number of halogens is 1. The van der Waals surface area contributed by atoms with Crippen molar-refractivity contribution in [2.24, 2.45) is 0 Å². The molecule has 1 saturated heterocycles. The van der Waals surface area contributed by atoms with Gasteiger partial charge in [0.15, 0.2) is 5.11 Å². The highest BCUT2D eigenvalue weighted by Gasteiger charge is 2.41. The Balaban J connectivity index is 1.64. The molecule has 0 unspecified atom stereocenters. The summed E-state index contributed by atoms with van der Waals surface area (Å²) in [5.41, 5.74) is 6.74. The first-order valence-electron chi connectivity index (χ1n) is 11.6. The van der Waals surface area contributed by atoms with Crippen LogP contribution in [-0.4, -0.2) is 27.6 Å². The maximum absolute atomic E-state index is 7.05. The van der Waals surface area contributed by atoms with Gasteiger partial charge in [-0.25, -0.2) is 0 Å². The molecule has 0 aliphatic carbocycles. The summed E-state index contributed by atoms with van der Waals surface area (Å²) in [4.78, 5) is 9.20. The van der Waals surface area contributed by atoms with Crippen LogP contribution >= 0.6 is 23.8 Å². The molecule has 3 heterocycles. The lowest BCUT2D eigenvalue weighted by Gasteiger charge is -2.41. The smallest absolute Gasteiger partial charge is 0.170 e. The quantitative estimate of drug-likeness (QED) is 0.421. The van der Waals surface area contributed by atoms with Crippen LogP contribution in [0.5, 0.6) is 0 Å². The van der Waals surface area contributed by atoms with E-state index in [0.29, 0.717) is 11.7 Å². The Labute approximate surface area is 212 Å². The number of fused-ring (bicyclic) bond motifs is 1. The fourth-order valence-corrected chi connectivity index (χ4v) is 5.68. The number of aromatic nitrogens is 1. The minimum absolute atomic E-state index is 0.0752. The van der Waals surface area contributed by atoms with Crippen molar-refractivity contribution in [2.45, 2.75) is 44.9 Å². The molecule has 0 spiro atoms. The lowest BCUT2D eigenvalue weighted by Crippen LogP contribution is -2.42. The Morgan fingerprint density at radius 1 is 1.09 bits per heavy atom. The van der Waals surface area contributed by atoms with Gasteiger partial charge in [-0.1, -0.05) is 54.1 Å². The molecule has 0 saturated carbocycles. The van der Waals surface area contributed by atoms with Gasteiger partial charge in [-0.2, -0.15) is 0 Å². The molecule has 4 nitrogen and oxygen atoms in total. The summed E-state index contributed by atoms with van der Waals surface area (Å²) in [5, 5.41) is 4.99. The first-order valence-corrected chi connectivity index (χ1v) is 12.3. The van der Waals surface area contributed by atoms with Gasteiger partial charge < -0.3 is 15.1 Å². The maximum Gasteiger partial charge on any atom is 0.170 e. The van der Waals surface area contributed by atoms with Crippen LogP contribution in [0.25, 0.3) is 5.57 Å². The van der Waals surface area contributed by atoms with E-state index in [1.54, 1.807) is 0 Å². The number of nitrogens with one attached hydrogen (secondary N) is 1. The van der Waals surface area contributed by atoms with Crippen molar-refractivity contribution >= 4 is 40.2 Å². The van der Waals surface area contributed by atoms with Gasteiger partial charge in [0.25, 0.3) is 0 Å². The number of pyridine rings is 1. The summed E-state index contributed by atoms with van der Waals surface area (Å²) in [6, 6.07) is 20.6. The van der Waals surface area contributed by atoms with Crippen molar-refractivity contribution in [3.63, 3.8) is 0 Å². The zero-order valence-corrected chi connectivity index (χ0v) is 21.5. The van der Waals surface area contributed by atoms with Gasteiger partial charge in [-0.05, 0) is 74.0 Å². The predicted molar refractivity (Wildman–Crippen MR) is 145 cm³/mol. The van der Waals surface area contributed by atoms with Crippen molar-refractivity contribution in [2.75, 3.05) is 11.9 Å². The second kappa shape index (κ2) is 8.71. The molecule has 2 aliphatic heterocycles. The normalized spacial score (nSPS) is 21.2. The molecule has 174 valence electrons. The van der Waals surface area contributed by atoms with E-state index < -0.39 is 0 Å². The van der Waals surface area contributed by atoms with E-state index in [2.05, 4.69) is 90.4 Å². The van der Waals surface area contributed by atoms with E-state index in [1.807, 2.05) is 30.5 Å². The number of thiocarbonyl (C=S) groups is 1. The van der Waals surface area contributed by atoms with Gasteiger partial charge in [0.05, 0.1) is 23.3 Å². The topological polar surface area (TPSA) is 31.4 Å². The molecule has 1 aromatic heterocycles. The van der Waals surface area contributed by atoms with Gasteiger partial charge in [0.2, 0.25) is 0 Å². The number of hydrogen-bond donors (Lipinski definition) is 1. The lowest BCUT2D eigenvalue weighted by molar-refractivity contribution is 0.311. The minimum Gasteiger partial charge on any atom is -0.365 e. The monoisotopic (exact) mass is 488 g/mol. The van der Waals surface area contributed by atoms with E-state index in [4.69, 9.17) is 23.8 Å². The third-order valence-electron chi connectivity index (χ3n) is 7.05. The number of nitrogens with zero attached hydrogens (tertiary/aromatic N) is 3. The molecule has 1 N–H and O–H groups in total. The first kappa shape index (κ1) is 22.9.